The first-order valence-corrected chi connectivity index (χ1v) is 10.6. The molecule has 0 aromatic rings. The van der Waals surface area contributed by atoms with Gasteiger partial charge >= 0.3 is 11.9 Å². The van der Waals surface area contributed by atoms with Crippen LogP contribution in [0.15, 0.2) is 0 Å². The number of carbonyl (C=O) groups is 5. The van der Waals surface area contributed by atoms with Crippen molar-refractivity contribution in [2.45, 2.75) is 77.5 Å². The van der Waals surface area contributed by atoms with Gasteiger partial charge in [0.15, 0.2) is 0 Å². The molecule has 12 nitrogen and oxygen atoms in total. The standard InChI is InChI=1S/C20H36N4O8/c1-5-11(4)16(20(31)32)24-19(30)14(9-25)23-18(29)13(6-7-15(26)27)22-17(28)12(21)8-10(2)3/h10-14,16,25H,5-9,21H2,1-4H3,(H,22,28)(H,23,29)(H,24,30)(H,26,27)(H,31,32). The van der Waals surface area contributed by atoms with Crippen LogP contribution in [0.4, 0.5) is 0 Å². The summed E-state index contributed by atoms with van der Waals surface area (Å²) in [4.78, 5) is 59.7. The van der Waals surface area contributed by atoms with Crippen molar-refractivity contribution < 1.29 is 39.3 Å². The smallest absolute Gasteiger partial charge is 0.326 e. The Bertz CT molecular complexity index is 670. The van der Waals surface area contributed by atoms with Crippen molar-refractivity contribution >= 4 is 29.7 Å². The highest BCUT2D eigenvalue weighted by atomic mass is 16.4. The van der Waals surface area contributed by atoms with E-state index in [0.29, 0.717) is 12.8 Å². The molecule has 0 saturated heterocycles. The summed E-state index contributed by atoms with van der Waals surface area (Å²) in [5.41, 5.74) is 5.80. The average molecular weight is 461 g/mol. The molecule has 0 aliphatic carbocycles. The number of hydrogen-bond donors (Lipinski definition) is 7. The summed E-state index contributed by atoms with van der Waals surface area (Å²) in [5, 5.41) is 34.7. The van der Waals surface area contributed by atoms with Crippen molar-refractivity contribution in [3.8, 4) is 0 Å². The monoisotopic (exact) mass is 460 g/mol. The summed E-state index contributed by atoms with van der Waals surface area (Å²) < 4.78 is 0. The highest BCUT2D eigenvalue weighted by Crippen LogP contribution is 2.09. The molecule has 0 heterocycles. The van der Waals surface area contributed by atoms with E-state index in [1.54, 1.807) is 13.8 Å². The fourth-order valence-corrected chi connectivity index (χ4v) is 2.83. The number of aliphatic hydroxyl groups is 1. The molecule has 0 fully saturated rings. The molecular formula is C20H36N4O8. The van der Waals surface area contributed by atoms with Crippen LogP contribution in [0.5, 0.6) is 0 Å². The zero-order valence-electron chi connectivity index (χ0n) is 19.0. The maximum Gasteiger partial charge on any atom is 0.326 e. The van der Waals surface area contributed by atoms with E-state index >= 15 is 0 Å². The Morgan fingerprint density at radius 2 is 1.41 bits per heavy atom. The van der Waals surface area contributed by atoms with Crippen molar-refractivity contribution in [1.82, 2.24) is 16.0 Å². The van der Waals surface area contributed by atoms with Crippen molar-refractivity contribution in [3.05, 3.63) is 0 Å². The van der Waals surface area contributed by atoms with Crippen LogP contribution in [-0.2, 0) is 24.0 Å². The summed E-state index contributed by atoms with van der Waals surface area (Å²) in [6, 6.07) is -4.96. The summed E-state index contributed by atoms with van der Waals surface area (Å²) in [5.74, 6) is -5.24. The fraction of sp³-hybridized carbons (Fsp3) is 0.750. The Morgan fingerprint density at radius 3 is 1.84 bits per heavy atom. The molecule has 0 aliphatic rings. The van der Waals surface area contributed by atoms with E-state index in [1.165, 1.54) is 0 Å². The minimum atomic E-state index is -1.50. The number of carbonyl (C=O) groups excluding carboxylic acids is 3. The van der Waals surface area contributed by atoms with Gasteiger partial charge in [-0.2, -0.15) is 0 Å². The number of carboxylic acid groups (broad SMARTS) is 2. The van der Waals surface area contributed by atoms with Crippen molar-refractivity contribution in [3.63, 3.8) is 0 Å². The van der Waals surface area contributed by atoms with Gasteiger partial charge < -0.3 is 37.0 Å². The van der Waals surface area contributed by atoms with Gasteiger partial charge in [-0.05, 0) is 24.7 Å². The summed E-state index contributed by atoms with van der Waals surface area (Å²) >= 11 is 0. The lowest BCUT2D eigenvalue weighted by atomic mass is 9.99. The van der Waals surface area contributed by atoms with Crippen LogP contribution >= 0.6 is 0 Å². The average Bonchev–Trinajstić information content (AvgIpc) is 2.70. The zero-order chi connectivity index (χ0) is 25.0. The molecule has 0 aromatic heterocycles. The van der Waals surface area contributed by atoms with Gasteiger partial charge in [0.25, 0.3) is 0 Å². The van der Waals surface area contributed by atoms with Crippen molar-refractivity contribution in [2.24, 2.45) is 17.6 Å². The highest BCUT2D eigenvalue weighted by molar-refractivity contribution is 5.94. The second-order valence-corrected chi connectivity index (χ2v) is 8.18. The normalized spacial score (nSPS) is 15.7. The predicted octanol–water partition coefficient (Wildman–Crippen LogP) is -1.20. The van der Waals surface area contributed by atoms with E-state index in [4.69, 9.17) is 10.8 Å². The van der Waals surface area contributed by atoms with E-state index in [-0.39, 0.29) is 12.3 Å². The Labute approximate surface area is 187 Å². The van der Waals surface area contributed by atoms with Crippen molar-refractivity contribution in [1.29, 1.82) is 0 Å². The molecule has 5 unspecified atom stereocenters. The molecule has 0 radical (unpaired) electrons. The van der Waals surface area contributed by atoms with Gasteiger partial charge in [-0.25, -0.2) is 4.79 Å². The predicted molar refractivity (Wildman–Crippen MR) is 114 cm³/mol. The molecule has 0 spiro atoms. The van der Waals surface area contributed by atoms with E-state index in [2.05, 4.69) is 16.0 Å². The molecule has 0 bridgehead atoms. The van der Waals surface area contributed by atoms with E-state index in [0.717, 1.165) is 0 Å². The molecule has 8 N–H and O–H groups in total. The molecular weight excluding hydrogens is 424 g/mol. The van der Waals surface area contributed by atoms with Crippen LogP contribution < -0.4 is 21.7 Å². The molecule has 0 aromatic carbocycles. The zero-order valence-corrected chi connectivity index (χ0v) is 19.0. The number of aliphatic carboxylic acids is 2. The minimum absolute atomic E-state index is 0.109. The molecule has 0 aliphatic heterocycles. The molecule has 184 valence electrons. The number of nitrogens with one attached hydrogen (secondary N) is 3. The van der Waals surface area contributed by atoms with Crippen LogP contribution in [0, 0.1) is 11.8 Å². The van der Waals surface area contributed by atoms with Gasteiger partial charge in [0.2, 0.25) is 17.7 Å². The lowest BCUT2D eigenvalue weighted by molar-refractivity contribution is -0.144. The number of rotatable bonds is 15. The maximum absolute atomic E-state index is 12.7. The molecule has 0 rings (SSSR count). The quantitative estimate of drug-likeness (QED) is 0.156. The summed E-state index contributed by atoms with van der Waals surface area (Å²) in [6.07, 6.45) is 0.0921. The van der Waals surface area contributed by atoms with Crippen LogP contribution in [0.2, 0.25) is 0 Å². The Morgan fingerprint density at radius 1 is 0.875 bits per heavy atom. The first kappa shape index (κ1) is 29.3. The van der Waals surface area contributed by atoms with Gasteiger partial charge in [0, 0.05) is 6.42 Å². The Hall–Kier alpha value is -2.73. The topological polar surface area (TPSA) is 208 Å². The van der Waals surface area contributed by atoms with Gasteiger partial charge in [-0.1, -0.05) is 34.1 Å². The fourth-order valence-electron chi connectivity index (χ4n) is 2.83. The van der Waals surface area contributed by atoms with Gasteiger partial charge in [-0.15, -0.1) is 0 Å². The molecule has 12 heteroatoms. The third kappa shape index (κ3) is 10.5. The first-order chi connectivity index (χ1) is 14.8. The van der Waals surface area contributed by atoms with Crippen LogP contribution in [-0.4, -0.2) is 75.8 Å². The lowest BCUT2D eigenvalue weighted by Crippen LogP contribution is -2.58. The van der Waals surface area contributed by atoms with E-state index in [1.807, 2.05) is 13.8 Å². The number of nitrogens with two attached hydrogens (primary N) is 1. The van der Waals surface area contributed by atoms with E-state index < -0.39 is 72.8 Å². The maximum atomic E-state index is 12.7. The third-order valence-corrected chi connectivity index (χ3v) is 4.93. The summed E-state index contributed by atoms with van der Waals surface area (Å²) in [7, 11) is 0. The SMILES string of the molecule is CCC(C)C(NC(=O)C(CO)NC(=O)C(CCC(=O)O)NC(=O)C(N)CC(C)C)C(=O)O. The van der Waals surface area contributed by atoms with Crippen LogP contribution in [0.3, 0.4) is 0 Å². The molecule has 32 heavy (non-hydrogen) atoms. The van der Waals surface area contributed by atoms with Gasteiger partial charge in [0.1, 0.15) is 18.1 Å². The lowest BCUT2D eigenvalue weighted by Gasteiger charge is -2.25. The number of aliphatic hydroxyl groups excluding tert-OH is 1. The van der Waals surface area contributed by atoms with Gasteiger partial charge in [-0.3, -0.25) is 19.2 Å². The molecule has 0 saturated carbocycles. The van der Waals surface area contributed by atoms with Crippen molar-refractivity contribution in [2.75, 3.05) is 6.61 Å². The van der Waals surface area contributed by atoms with Gasteiger partial charge in [0.05, 0.1) is 12.6 Å². The minimum Gasteiger partial charge on any atom is -0.481 e. The Balaban J connectivity index is 5.34. The number of carboxylic acids is 2. The molecule has 3 amide bonds. The second-order valence-electron chi connectivity index (χ2n) is 8.18. The molecule has 5 atom stereocenters. The third-order valence-electron chi connectivity index (χ3n) is 4.93. The largest absolute Gasteiger partial charge is 0.481 e. The second kappa shape index (κ2) is 14.4. The van der Waals surface area contributed by atoms with Crippen LogP contribution in [0.1, 0.15) is 53.4 Å². The first-order valence-electron chi connectivity index (χ1n) is 10.6. The Kier molecular flexibility index (Phi) is 13.1. The highest BCUT2D eigenvalue weighted by Gasteiger charge is 2.31. The van der Waals surface area contributed by atoms with E-state index in [9.17, 15) is 34.2 Å². The summed E-state index contributed by atoms with van der Waals surface area (Å²) in [6.45, 7) is 6.25. The number of amides is 3. The number of hydrogen-bond acceptors (Lipinski definition) is 7. The van der Waals surface area contributed by atoms with Crippen LogP contribution in [0.25, 0.3) is 0 Å².